The van der Waals surface area contributed by atoms with Crippen molar-refractivity contribution in [3.05, 3.63) is 35.6 Å². The van der Waals surface area contributed by atoms with Gasteiger partial charge < -0.3 is 10.6 Å². The summed E-state index contributed by atoms with van der Waals surface area (Å²) in [5.74, 6) is -0.170. The Morgan fingerprint density at radius 2 is 2.06 bits per heavy atom. The lowest BCUT2D eigenvalue weighted by Gasteiger charge is -2.11. The van der Waals surface area contributed by atoms with E-state index in [1.165, 1.54) is 25.0 Å². The largest absolute Gasteiger partial charge is 0.313 e. The van der Waals surface area contributed by atoms with Crippen LogP contribution in [0.25, 0.3) is 0 Å². The van der Waals surface area contributed by atoms with Crippen LogP contribution in [0.4, 0.5) is 4.39 Å². The summed E-state index contributed by atoms with van der Waals surface area (Å²) in [5.41, 5.74) is 1.13. The minimum absolute atomic E-state index is 0. The van der Waals surface area contributed by atoms with Crippen molar-refractivity contribution in [1.82, 2.24) is 10.6 Å². The summed E-state index contributed by atoms with van der Waals surface area (Å²) in [5, 5.41) is 6.81. The maximum atomic E-state index is 12.6. The smallest absolute Gasteiger partial charge is 0.123 e. The average molecular weight is 245 g/mol. The Balaban J connectivity index is 0.00000128. The van der Waals surface area contributed by atoms with Gasteiger partial charge in [-0.2, -0.15) is 0 Å². The monoisotopic (exact) mass is 244 g/mol. The molecule has 1 fully saturated rings. The highest BCUT2D eigenvalue weighted by atomic mass is 35.5. The van der Waals surface area contributed by atoms with E-state index in [9.17, 15) is 4.39 Å². The van der Waals surface area contributed by atoms with Crippen LogP contribution in [0.5, 0.6) is 0 Å². The molecule has 1 aromatic rings. The van der Waals surface area contributed by atoms with E-state index in [4.69, 9.17) is 0 Å². The average Bonchev–Trinajstić information content (AvgIpc) is 2.74. The molecule has 1 atom stereocenters. The third kappa shape index (κ3) is 4.08. The highest BCUT2D eigenvalue weighted by Crippen LogP contribution is 2.05. The lowest BCUT2D eigenvalue weighted by atomic mass is 10.2. The highest BCUT2D eigenvalue weighted by Gasteiger charge is 2.12. The van der Waals surface area contributed by atoms with Gasteiger partial charge in [0.25, 0.3) is 0 Å². The van der Waals surface area contributed by atoms with Crippen LogP contribution in [0.2, 0.25) is 0 Å². The molecule has 0 radical (unpaired) electrons. The summed E-state index contributed by atoms with van der Waals surface area (Å²) in [6.45, 7) is 2.96. The molecule has 4 heteroatoms. The fourth-order valence-corrected chi connectivity index (χ4v) is 1.92. The lowest BCUT2D eigenvalue weighted by molar-refractivity contribution is 0.535. The Bertz CT molecular complexity index is 296. The van der Waals surface area contributed by atoms with Crippen molar-refractivity contribution in [2.24, 2.45) is 0 Å². The molecule has 0 saturated carbocycles. The van der Waals surface area contributed by atoms with Crippen molar-refractivity contribution in [1.29, 1.82) is 0 Å². The topological polar surface area (TPSA) is 24.1 Å². The van der Waals surface area contributed by atoms with Gasteiger partial charge in [-0.1, -0.05) is 12.1 Å². The molecule has 2 nitrogen and oxygen atoms in total. The van der Waals surface area contributed by atoms with Gasteiger partial charge in [-0.25, -0.2) is 4.39 Å². The van der Waals surface area contributed by atoms with Crippen LogP contribution in [0, 0.1) is 5.82 Å². The standard InChI is InChI=1S/C12H17FN2.ClH/c13-11-5-3-10(4-6-11)8-14-9-12-2-1-7-15-12;/h3-6,12,14-15H,1-2,7-9H2;1H. The first-order valence-electron chi connectivity index (χ1n) is 5.53. The number of benzene rings is 1. The normalized spacial score (nSPS) is 19.4. The molecular weight excluding hydrogens is 227 g/mol. The Morgan fingerprint density at radius 3 is 2.69 bits per heavy atom. The first-order chi connectivity index (χ1) is 7.34. The van der Waals surface area contributed by atoms with Crippen LogP contribution in [0.3, 0.4) is 0 Å². The molecule has 1 aliphatic heterocycles. The summed E-state index contributed by atoms with van der Waals surface area (Å²) in [6.07, 6.45) is 2.54. The van der Waals surface area contributed by atoms with E-state index < -0.39 is 0 Å². The molecule has 0 amide bonds. The molecule has 1 saturated heterocycles. The maximum Gasteiger partial charge on any atom is 0.123 e. The van der Waals surface area contributed by atoms with Crippen molar-refractivity contribution < 1.29 is 4.39 Å². The third-order valence-corrected chi connectivity index (χ3v) is 2.80. The van der Waals surface area contributed by atoms with Gasteiger partial charge in [0.05, 0.1) is 0 Å². The second-order valence-electron chi connectivity index (χ2n) is 4.05. The van der Waals surface area contributed by atoms with E-state index in [1.54, 1.807) is 0 Å². The molecule has 2 N–H and O–H groups in total. The van der Waals surface area contributed by atoms with Crippen molar-refractivity contribution in [2.75, 3.05) is 13.1 Å². The fourth-order valence-electron chi connectivity index (χ4n) is 1.92. The zero-order valence-electron chi connectivity index (χ0n) is 9.21. The molecule has 0 aliphatic carbocycles. The molecule has 1 unspecified atom stereocenters. The minimum atomic E-state index is -0.170. The first kappa shape index (κ1) is 13.4. The van der Waals surface area contributed by atoms with Crippen LogP contribution in [-0.2, 0) is 6.54 Å². The second kappa shape index (κ2) is 6.84. The summed E-state index contributed by atoms with van der Waals surface area (Å²) in [6, 6.07) is 7.27. The molecule has 0 spiro atoms. The molecule has 1 heterocycles. The second-order valence-corrected chi connectivity index (χ2v) is 4.05. The molecule has 0 aromatic heterocycles. The third-order valence-electron chi connectivity index (χ3n) is 2.80. The number of hydrogen-bond acceptors (Lipinski definition) is 2. The first-order valence-corrected chi connectivity index (χ1v) is 5.53. The van der Waals surface area contributed by atoms with E-state index in [2.05, 4.69) is 10.6 Å². The summed E-state index contributed by atoms with van der Waals surface area (Å²) < 4.78 is 12.6. The Labute approximate surface area is 102 Å². The summed E-state index contributed by atoms with van der Waals surface area (Å²) in [4.78, 5) is 0. The van der Waals surface area contributed by atoms with E-state index in [-0.39, 0.29) is 18.2 Å². The summed E-state index contributed by atoms with van der Waals surface area (Å²) in [7, 11) is 0. The molecule has 16 heavy (non-hydrogen) atoms. The predicted octanol–water partition coefficient (Wildman–Crippen LogP) is 2.09. The van der Waals surface area contributed by atoms with E-state index in [0.717, 1.165) is 25.2 Å². The molecule has 90 valence electrons. The number of rotatable bonds is 4. The van der Waals surface area contributed by atoms with E-state index in [0.29, 0.717) is 6.04 Å². The van der Waals surface area contributed by atoms with Crippen LogP contribution < -0.4 is 10.6 Å². The summed E-state index contributed by atoms with van der Waals surface area (Å²) >= 11 is 0. The van der Waals surface area contributed by atoms with Crippen molar-refractivity contribution >= 4 is 12.4 Å². The van der Waals surface area contributed by atoms with Crippen LogP contribution in [0.15, 0.2) is 24.3 Å². The van der Waals surface area contributed by atoms with Gasteiger partial charge in [0.15, 0.2) is 0 Å². The van der Waals surface area contributed by atoms with Crippen LogP contribution in [-0.4, -0.2) is 19.1 Å². The minimum Gasteiger partial charge on any atom is -0.313 e. The van der Waals surface area contributed by atoms with Gasteiger partial charge in [-0.05, 0) is 37.1 Å². The predicted molar refractivity (Wildman–Crippen MR) is 66.4 cm³/mol. The SMILES string of the molecule is Cl.Fc1ccc(CNCC2CCCN2)cc1. The number of hydrogen-bond donors (Lipinski definition) is 2. The van der Waals surface area contributed by atoms with Gasteiger partial charge in [0.2, 0.25) is 0 Å². The highest BCUT2D eigenvalue weighted by molar-refractivity contribution is 5.85. The van der Waals surface area contributed by atoms with E-state index >= 15 is 0 Å². The Kier molecular flexibility index (Phi) is 5.74. The molecule has 0 bridgehead atoms. The zero-order valence-corrected chi connectivity index (χ0v) is 10.0. The maximum absolute atomic E-state index is 12.6. The van der Waals surface area contributed by atoms with Crippen molar-refractivity contribution in [2.45, 2.75) is 25.4 Å². The molecule has 1 aliphatic rings. The zero-order chi connectivity index (χ0) is 10.5. The fraction of sp³-hybridized carbons (Fsp3) is 0.500. The van der Waals surface area contributed by atoms with Gasteiger partial charge in [0.1, 0.15) is 5.82 Å². The Hall–Kier alpha value is -0.640. The quantitative estimate of drug-likeness (QED) is 0.848. The lowest BCUT2D eigenvalue weighted by Crippen LogP contribution is -2.33. The van der Waals surface area contributed by atoms with Gasteiger partial charge in [-0.3, -0.25) is 0 Å². The number of nitrogens with one attached hydrogen (secondary N) is 2. The Morgan fingerprint density at radius 1 is 1.31 bits per heavy atom. The molecule has 1 aromatic carbocycles. The van der Waals surface area contributed by atoms with Crippen molar-refractivity contribution in [3.63, 3.8) is 0 Å². The van der Waals surface area contributed by atoms with Gasteiger partial charge >= 0.3 is 0 Å². The number of halogens is 2. The van der Waals surface area contributed by atoms with Gasteiger partial charge in [0, 0.05) is 19.1 Å². The van der Waals surface area contributed by atoms with Crippen molar-refractivity contribution in [3.8, 4) is 0 Å². The van der Waals surface area contributed by atoms with Crippen LogP contribution >= 0.6 is 12.4 Å². The van der Waals surface area contributed by atoms with E-state index in [1.807, 2.05) is 12.1 Å². The molecular formula is C12H18ClFN2. The van der Waals surface area contributed by atoms with Crippen LogP contribution in [0.1, 0.15) is 18.4 Å². The van der Waals surface area contributed by atoms with Gasteiger partial charge in [-0.15, -0.1) is 12.4 Å². The molecule has 2 rings (SSSR count).